The minimum Gasteiger partial charge on any atom is -0.388 e. The van der Waals surface area contributed by atoms with Crippen molar-refractivity contribution in [3.05, 3.63) is 66.5 Å². The van der Waals surface area contributed by atoms with Crippen molar-refractivity contribution in [2.24, 2.45) is 0 Å². The lowest BCUT2D eigenvalue weighted by atomic mass is 9.94. The average molecular weight is 206 g/mol. The molecule has 2 heteroatoms. The Hall–Kier alpha value is -0.530. The molecular formula is C12H10ClO. The Morgan fingerprint density at radius 2 is 1.71 bits per heavy atom. The molecule has 0 amide bonds. The second-order valence-corrected chi connectivity index (χ2v) is 3.55. The second-order valence-electron chi connectivity index (χ2n) is 3.14. The normalized spacial score (nSPS) is 19.9. The topological polar surface area (TPSA) is 20.2 Å². The predicted molar refractivity (Wildman–Crippen MR) is 56.9 cm³/mol. The van der Waals surface area contributed by atoms with Crippen molar-refractivity contribution >= 4 is 11.6 Å². The molecule has 14 heavy (non-hydrogen) atoms. The third-order valence-electron chi connectivity index (χ3n) is 2.20. The molecule has 1 atom stereocenters. The summed E-state index contributed by atoms with van der Waals surface area (Å²) in [5.74, 6) is 0.873. The largest absolute Gasteiger partial charge is 0.388 e. The van der Waals surface area contributed by atoms with Crippen molar-refractivity contribution in [2.75, 3.05) is 0 Å². The molecule has 0 saturated heterocycles. The van der Waals surface area contributed by atoms with Gasteiger partial charge in [0.2, 0.25) is 0 Å². The van der Waals surface area contributed by atoms with Crippen LogP contribution in [-0.2, 0) is 0 Å². The Labute approximate surface area is 89.7 Å². The van der Waals surface area contributed by atoms with Gasteiger partial charge in [0, 0.05) is 10.9 Å². The van der Waals surface area contributed by atoms with Crippen molar-refractivity contribution in [1.82, 2.24) is 0 Å². The molecule has 1 aliphatic carbocycles. The molecule has 71 valence electrons. The van der Waals surface area contributed by atoms with E-state index in [-0.39, 0.29) is 0 Å². The summed E-state index contributed by atoms with van der Waals surface area (Å²) in [6.07, 6.45) is 6.94. The molecule has 1 aromatic carbocycles. The Morgan fingerprint density at radius 3 is 2.36 bits per heavy atom. The highest BCUT2D eigenvalue weighted by Gasteiger charge is 2.26. The molecule has 5 radical (unpaired) electrons. The first kappa shape index (κ1) is 10.0. The second kappa shape index (κ2) is 4.33. The molecule has 1 unspecified atom stereocenters. The molecular weight excluding hydrogens is 196 g/mol. The standard InChI is InChI=1S/C12H10ClO/c13-11-8-4-3-7-10(11)12(14)9-5-1-2-6-9/h1-8,12,14H. The summed E-state index contributed by atoms with van der Waals surface area (Å²) in [6, 6.07) is 7.33. The van der Waals surface area contributed by atoms with Crippen LogP contribution in [0.15, 0.2) is 24.3 Å². The van der Waals surface area contributed by atoms with Gasteiger partial charge in [-0.2, -0.15) is 0 Å². The van der Waals surface area contributed by atoms with E-state index in [4.69, 9.17) is 11.6 Å². The third-order valence-corrected chi connectivity index (χ3v) is 2.55. The van der Waals surface area contributed by atoms with Gasteiger partial charge in [-0.05, 0) is 37.3 Å². The molecule has 1 N–H and O–H groups in total. The van der Waals surface area contributed by atoms with Gasteiger partial charge in [-0.15, -0.1) is 0 Å². The highest BCUT2D eigenvalue weighted by molar-refractivity contribution is 6.31. The van der Waals surface area contributed by atoms with Crippen molar-refractivity contribution in [3.63, 3.8) is 0 Å². The zero-order valence-electron chi connectivity index (χ0n) is 7.52. The number of halogens is 1. The molecule has 0 bridgehead atoms. The maximum absolute atomic E-state index is 9.98. The van der Waals surface area contributed by atoms with Gasteiger partial charge in [0.15, 0.2) is 0 Å². The van der Waals surface area contributed by atoms with E-state index >= 15 is 0 Å². The van der Waals surface area contributed by atoms with Crippen LogP contribution in [-0.4, -0.2) is 5.11 Å². The molecule has 0 heterocycles. The van der Waals surface area contributed by atoms with E-state index in [1.807, 2.05) is 43.9 Å². The van der Waals surface area contributed by atoms with E-state index in [1.165, 1.54) is 0 Å². The highest BCUT2D eigenvalue weighted by atomic mass is 35.5. The van der Waals surface area contributed by atoms with E-state index in [0.29, 0.717) is 5.02 Å². The summed E-state index contributed by atoms with van der Waals surface area (Å²) in [5, 5.41) is 10.6. The highest BCUT2D eigenvalue weighted by Crippen LogP contribution is 2.37. The van der Waals surface area contributed by atoms with Gasteiger partial charge in [0.1, 0.15) is 0 Å². The lowest BCUT2D eigenvalue weighted by molar-refractivity contribution is 0.200. The average Bonchev–Trinajstić information content (AvgIpc) is 2.70. The van der Waals surface area contributed by atoms with Gasteiger partial charge < -0.3 is 5.11 Å². The smallest absolute Gasteiger partial charge is 0.0872 e. The minimum absolute atomic E-state index is 0.598. The zero-order chi connectivity index (χ0) is 9.97. The summed E-state index contributed by atoms with van der Waals surface area (Å²) in [7, 11) is 0. The number of aliphatic hydroxyl groups excluding tert-OH is 1. The molecule has 0 aromatic heterocycles. The first-order chi connectivity index (χ1) is 6.79. The van der Waals surface area contributed by atoms with Crippen LogP contribution in [0.25, 0.3) is 0 Å². The van der Waals surface area contributed by atoms with Gasteiger partial charge in [-0.25, -0.2) is 0 Å². The summed E-state index contributed by atoms with van der Waals surface area (Å²) in [6.45, 7) is 0. The Morgan fingerprint density at radius 1 is 1.07 bits per heavy atom. The van der Waals surface area contributed by atoms with E-state index < -0.39 is 6.10 Å². The first-order valence-electron chi connectivity index (χ1n) is 4.43. The number of benzene rings is 1. The summed E-state index contributed by atoms with van der Waals surface area (Å²) < 4.78 is 0. The van der Waals surface area contributed by atoms with Crippen molar-refractivity contribution in [3.8, 4) is 0 Å². The van der Waals surface area contributed by atoms with E-state index in [2.05, 4.69) is 0 Å². The number of hydrogen-bond acceptors (Lipinski definition) is 1. The monoisotopic (exact) mass is 205 g/mol. The number of hydrogen-bond donors (Lipinski definition) is 1. The van der Waals surface area contributed by atoms with Gasteiger partial charge >= 0.3 is 0 Å². The van der Waals surface area contributed by atoms with Gasteiger partial charge in [0.05, 0.1) is 6.10 Å². The molecule has 2 rings (SSSR count). The number of aliphatic hydroxyl groups is 1. The molecule has 1 fully saturated rings. The van der Waals surface area contributed by atoms with Crippen LogP contribution in [0.4, 0.5) is 0 Å². The summed E-state index contributed by atoms with van der Waals surface area (Å²) >= 11 is 5.98. The van der Waals surface area contributed by atoms with Crippen molar-refractivity contribution < 1.29 is 5.11 Å². The van der Waals surface area contributed by atoms with Gasteiger partial charge in [-0.3, -0.25) is 0 Å². The molecule has 1 aliphatic rings. The van der Waals surface area contributed by atoms with Crippen LogP contribution in [0.2, 0.25) is 5.02 Å². The minimum atomic E-state index is -0.626. The quantitative estimate of drug-likeness (QED) is 0.787. The van der Waals surface area contributed by atoms with E-state index in [0.717, 1.165) is 11.5 Å². The molecule has 1 saturated carbocycles. The van der Waals surface area contributed by atoms with Gasteiger partial charge in [0.25, 0.3) is 0 Å². The third kappa shape index (κ3) is 1.94. The van der Waals surface area contributed by atoms with E-state index in [9.17, 15) is 5.11 Å². The van der Waals surface area contributed by atoms with Gasteiger partial charge in [-0.1, -0.05) is 29.8 Å². The Bertz CT molecular complexity index is 305. The lowest BCUT2D eigenvalue weighted by Crippen LogP contribution is -2.08. The zero-order valence-corrected chi connectivity index (χ0v) is 8.28. The fourth-order valence-corrected chi connectivity index (χ4v) is 1.69. The molecule has 1 aromatic rings. The Kier molecular flexibility index (Phi) is 3.09. The SMILES string of the molecule is OC([C]1[CH][CH][CH][CH]1)c1ccccc1Cl. The number of rotatable bonds is 2. The van der Waals surface area contributed by atoms with Crippen LogP contribution in [0.5, 0.6) is 0 Å². The van der Waals surface area contributed by atoms with E-state index in [1.54, 1.807) is 6.07 Å². The predicted octanol–water partition coefficient (Wildman–Crippen LogP) is 2.78. The summed E-state index contributed by atoms with van der Waals surface area (Å²) in [5.41, 5.74) is 0.750. The fourth-order valence-electron chi connectivity index (χ4n) is 1.45. The molecule has 1 nitrogen and oxygen atoms in total. The Balaban J connectivity index is 2.17. The molecule has 0 aliphatic heterocycles. The maximum atomic E-state index is 9.98. The summed E-state index contributed by atoms with van der Waals surface area (Å²) in [4.78, 5) is 0. The van der Waals surface area contributed by atoms with Crippen LogP contribution in [0, 0.1) is 31.6 Å². The van der Waals surface area contributed by atoms with Crippen molar-refractivity contribution in [2.45, 2.75) is 6.10 Å². The van der Waals surface area contributed by atoms with Crippen LogP contribution < -0.4 is 0 Å². The van der Waals surface area contributed by atoms with Crippen molar-refractivity contribution in [1.29, 1.82) is 0 Å². The first-order valence-corrected chi connectivity index (χ1v) is 4.81. The lowest BCUT2D eigenvalue weighted by Gasteiger charge is -2.17. The fraction of sp³-hybridized carbons (Fsp3) is 0.0833. The maximum Gasteiger partial charge on any atom is 0.0872 e. The van der Waals surface area contributed by atoms with Crippen LogP contribution in [0.1, 0.15) is 11.7 Å². The van der Waals surface area contributed by atoms with Crippen LogP contribution in [0.3, 0.4) is 0 Å². The molecule has 0 spiro atoms. The van der Waals surface area contributed by atoms with Crippen LogP contribution >= 0.6 is 11.6 Å².